The molecule has 1 aromatic carbocycles. The maximum atomic E-state index is 11.4. The summed E-state index contributed by atoms with van der Waals surface area (Å²) in [6.07, 6.45) is 6.27. The van der Waals surface area contributed by atoms with Crippen molar-refractivity contribution in [1.29, 1.82) is 0 Å². The number of furan rings is 1. The van der Waals surface area contributed by atoms with E-state index in [1.807, 2.05) is 24.3 Å². The van der Waals surface area contributed by atoms with Crippen LogP contribution >= 0.6 is 0 Å². The van der Waals surface area contributed by atoms with E-state index in [4.69, 9.17) is 10.2 Å². The maximum absolute atomic E-state index is 11.4. The molecule has 1 amide bonds. The first-order valence-corrected chi connectivity index (χ1v) is 8.98. The summed E-state index contributed by atoms with van der Waals surface area (Å²) in [5.74, 6) is 0.224. The van der Waals surface area contributed by atoms with Gasteiger partial charge in [0.1, 0.15) is 11.9 Å². The summed E-state index contributed by atoms with van der Waals surface area (Å²) in [6.45, 7) is 1.76. The van der Waals surface area contributed by atoms with Gasteiger partial charge in [0.15, 0.2) is 0 Å². The van der Waals surface area contributed by atoms with Crippen LogP contribution < -0.4 is 5.73 Å². The molecule has 1 saturated heterocycles. The van der Waals surface area contributed by atoms with Crippen LogP contribution in [0.4, 0.5) is 0 Å². The van der Waals surface area contributed by atoms with Crippen LogP contribution in [0.3, 0.4) is 0 Å². The summed E-state index contributed by atoms with van der Waals surface area (Å²) >= 11 is 0. The first kappa shape index (κ1) is 17.7. The second kappa shape index (κ2) is 8.32. The molecule has 5 nitrogen and oxygen atoms in total. The van der Waals surface area contributed by atoms with Crippen LogP contribution in [0.5, 0.6) is 0 Å². The highest BCUT2D eigenvalue weighted by Crippen LogP contribution is 2.28. The molecule has 3 rings (SSSR count). The standard InChI is InChI=1S/C20H26N2O3/c21-20(24)16-7-4-6-15(12-16)14-22-10-3-1-2-8-17(22)13-18(23)19-9-5-11-25-19/h4-7,9,11-12,17-18,23H,1-3,8,10,13-14H2,(H2,21,24). The Labute approximate surface area is 148 Å². The fraction of sp³-hybridized carbons (Fsp3) is 0.450. The highest BCUT2D eigenvalue weighted by atomic mass is 16.4. The van der Waals surface area contributed by atoms with Gasteiger partial charge < -0.3 is 15.3 Å². The van der Waals surface area contributed by atoms with Crippen molar-refractivity contribution in [2.75, 3.05) is 6.54 Å². The van der Waals surface area contributed by atoms with E-state index in [0.717, 1.165) is 31.5 Å². The Morgan fingerprint density at radius 2 is 2.16 bits per heavy atom. The Kier molecular flexibility index (Phi) is 5.89. The molecule has 5 heteroatoms. The van der Waals surface area contributed by atoms with Crippen molar-refractivity contribution < 1.29 is 14.3 Å². The van der Waals surface area contributed by atoms with E-state index in [9.17, 15) is 9.90 Å². The molecule has 1 aliphatic heterocycles. The summed E-state index contributed by atoms with van der Waals surface area (Å²) in [7, 11) is 0. The van der Waals surface area contributed by atoms with Gasteiger partial charge in [-0.15, -0.1) is 0 Å². The highest BCUT2D eigenvalue weighted by Gasteiger charge is 2.25. The Morgan fingerprint density at radius 1 is 1.28 bits per heavy atom. The molecular weight excluding hydrogens is 316 g/mol. The van der Waals surface area contributed by atoms with Crippen molar-refractivity contribution in [2.45, 2.75) is 50.8 Å². The first-order valence-electron chi connectivity index (χ1n) is 8.98. The number of nitrogens with zero attached hydrogens (tertiary/aromatic N) is 1. The molecule has 0 spiro atoms. The van der Waals surface area contributed by atoms with Gasteiger partial charge in [0, 0.05) is 18.2 Å². The SMILES string of the molecule is NC(=O)c1cccc(CN2CCCCCC2CC(O)c2ccco2)c1. The monoisotopic (exact) mass is 342 g/mol. The van der Waals surface area contributed by atoms with Gasteiger partial charge in [0.25, 0.3) is 0 Å². The number of nitrogens with two attached hydrogens (primary N) is 1. The summed E-state index contributed by atoms with van der Waals surface area (Å²) in [5, 5.41) is 10.5. The molecule has 1 aromatic heterocycles. The minimum Gasteiger partial charge on any atom is -0.467 e. The molecule has 0 saturated carbocycles. The molecule has 3 N–H and O–H groups in total. The van der Waals surface area contributed by atoms with E-state index < -0.39 is 12.0 Å². The van der Waals surface area contributed by atoms with E-state index in [-0.39, 0.29) is 0 Å². The topological polar surface area (TPSA) is 79.7 Å². The van der Waals surface area contributed by atoms with E-state index in [2.05, 4.69) is 4.90 Å². The van der Waals surface area contributed by atoms with Crippen LogP contribution in [-0.2, 0) is 6.54 Å². The molecule has 2 heterocycles. The van der Waals surface area contributed by atoms with Gasteiger partial charge in [0.2, 0.25) is 5.91 Å². The van der Waals surface area contributed by atoms with Crippen LogP contribution in [0, 0.1) is 0 Å². The van der Waals surface area contributed by atoms with Gasteiger partial charge in [-0.3, -0.25) is 9.69 Å². The van der Waals surface area contributed by atoms with E-state index in [1.165, 1.54) is 12.8 Å². The summed E-state index contributed by atoms with van der Waals surface area (Å²) in [5.41, 5.74) is 7.01. The molecule has 1 fully saturated rings. The van der Waals surface area contributed by atoms with E-state index in [0.29, 0.717) is 23.8 Å². The van der Waals surface area contributed by atoms with Gasteiger partial charge >= 0.3 is 0 Å². The number of rotatable bonds is 6. The number of likely N-dealkylation sites (tertiary alicyclic amines) is 1. The average molecular weight is 342 g/mol. The summed E-state index contributed by atoms with van der Waals surface area (Å²) < 4.78 is 5.34. The van der Waals surface area contributed by atoms with Gasteiger partial charge in [-0.05, 0) is 55.6 Å². The number of aliphatic hydroxyl groups excluding tert-OH is 1. The van der Waals surface area contributed by atoms with Gasteiger partial charge in [-0.25, -0.2) is 0 Å². The lowest BCUT2D eigenvalue weighted by molar-refractivity contribution is 0.0830. The number of carbonyl (C=O) groups is 1. The second-order valence-electron chi connectivity index (χ2n) is 6.81. The first-order chi connectivity index (χ1) is 12.1. The molecule has 0 aliphatic carbocycles. The quantitative estimate of drug-likeness (QED) is 0.844. The van der Waals surface area contributed by atoms with Crippen molar-refractivity contribution in [3.05, 3.63) is 59.5 Å². The zero-order valence-electron chi connectivity index (χ0n) is 14.4. The fourth-order valence-electron chi connectivity index (χ4n) is 3.62. The Hall–Kier alpha value is -2.11. The van der Waals surface area contributed by atoms with E-state index >= 15 is 0 Å². The minimum atomic E-state index is -0.586. The predicted molar refractivity (Wildman–Crippen MR) is 95.9 cm³/mol. The molecular formula is C20H26N2O3. The lowest BCUT2D eigenvalue weighted by atomic mass is 10.0. The van der Waals surface area contributed by atoms with Crippen LogP contribution in [-0.4, -0.2) is 28.5 Å². The zero-order valence-corrected chi connectivity index (χ0v) is 14.4. The lowest BCUT2D eigenvalue weighted by Gasteiger charge is -2.31. The van der Waals surface area contributed by atoms with Crippen molar-refractivity contribution in [3.8, 4) is 0 Å². The van der Waals surface area contributed by atoms with Crippen LogP contribution in [0.15, 0.2) is 47.1 Å². The van der Waals surface area contributed by atoms with Crippen molar-refractivity contribution in [3.63, 3.8) is 0 Å². The highest BCUT2D eigenvalue weighted by molar-refractivity contribution is 5.92. The van der Waals surface area contributed by atoms with Crippen molar-refractivity contribution in [1.82, 2.24) is 4.90 Å². The normalized spacial score (nSPS) is 20.1. The fourth-order valence-corrected chi connectivity index (χ4v) is 3.62. The molecule has 1 aliphatic rings. The molecule has 2 aromatic rings. The van der Waals surface area contributed by atoms with E-state index in [1.54, 1.807) is 18.4 Å². The Bertz CT molecular complexity index is 684. The van der Waals surface area contributed by atoms with Crippen LogP contribution in [0.25, 0.3) is 0 Å². The predicted octanol–water partition coefficient (Wildman–Crippen LogP) is 3.25. The second-order valence-corrected chi connectivity index (χ2v) is 6.81. The minimum absolute atomic E-state index is 0.292. The van der Waals surface area contributed by atoms with Gasteiger partial charge in [-0.1, -0.05) is 25.0 Å². The number of benzene rings is 1. The number of primary amides is 1. The lowest BCUT2D eigenvalue weighted by Crippen LogP contribution is -2.35. The number of hydrogen-bond donors (Lipinski definition) is 2. The van der Waals surface area contributed by atoms with Gasteiger partial charge in [-0.2, -0.15) is 0 Å². The number of hydrogen-bond acceptors (Lipinski definition) is 4. The third kappa shape index (κ3) is 4.71. The largest absolute Gasteiger partial charge is 0.467 e. The van der Waals surface area contributed by atoms with Crippen LogP contribution in [0.2, 0.25) is 0 Å². The Balaban J connectivity index is 1.72. The molecule has 0 bridgehead atoms. The summed E-state index contributed by atoms with van der Waals surface area (Å²) in [4.78, 5) is 13.8. The molecule has 134 valence electrons. The van der Waals surface area contributed by atoms with Crippen molar-refractivity contribution >= 4 is 5.91 Å². The molecule has 2 unspecified atom stereocenters. The molecule has 25 heavy (non-hydrogen) atoms. The number of amides is 1. The molecule has 2 atom stereocenters. The average Bonchev–Trinajstić information content (AvgIpc) is 3.06. The Morgan fingerprint density at radius 3 is 2.92 bits per heavy atom. The number of aliphatic hydroxyl groups is 1. The third-order valence-electron chi connectivity index (χ3n) is 4.96. The smallest absolute Gasteiger partial charge is 0.248 e. The zero-order chi connectivity index (χ0) is 17.6. The molecule has 0 radical (unpaired) electrons. The number of carbonyl (C=O) groups excluding carboxylic acids is 1. The summed E-state index contributed by atoms with van der Waals surface area (Å²) in [6, 6.07) is 11.4. The van der Waals surface area contributed by atoms with Gasteiger partial charge in [0.05, 0.1) is 6.26 Å². The maximum Gasteiger partial charge on any atom is 0.248 e. The van der Waals surface area contributed by atoms with Crippen LogP contribution in [0.1, 0.15) is 59.9 Å². The third-order valence-corrected chi connectivity index (χ3v) is 4.96. The van der Waals surface area contributed by atoms with Crippen molar-refractivity contribution in [2.24, 2.45) is 5.73 Å².